The first-order valence-electron chi connectivity index (χ1n) is 12.4. The fraction of sp³-hybridized carbons (Fsp3) is 0.357. The second-order valence-electron chi connectivity index (χ2n) is 9.48. The molecule has 2 aliphatic rings. The maximum absolute atomic E-state index is 6.82. The van der Waals surface area contributed by atoms with E-state index in [1.807, 2.05) is 0 Å². The van der Waals surface area contributed by atoms with E-state index in [0.717, 1.165) is 25.9 Å². The third-order valence-corrected chi connectivity index (χ3v) is 16.5. The Balaban J connectivity index is 1.98. The lowest BCUT2D eigenvalue weighted by molar-refractivity contribution is 0.513. The molecule has 0 radical (unpaired) electrons. The van der Waals surface area contributed by atoms with Crippen LogP contribution in [0.2, 0.25) is 0 Å². The van der Waals surface area contributed by atoms with Crippen LogP contribution in [0.5, 0.6) is 0 Å². The summed E-state index contributed by atoms with van der Waals surface area (Å²) in [6, 6.07) is 16.8. The monoisotopic (exact) mass is 524 g/mol. The zero-order chi connectivity index (χ0) is 24.4. The van der Waals surface area contributed by atoms with Crippen molar-refractivity contribution < 1.29 is 0 Å². The predicted molar refractivity (Wildman–Crippen MR) is 161 cm³/mol. The van der Waals surface area contributed by atoms with E-state index in [-0.39, 0.29) is 0 Å². The van der Waals surface area contributed by atoms with Crippen LogP contribution in [0.3, 0.4) is 0 Å². The largest absolute Gasteiger partial charge is 0.308 e. The lowest BCUT2D eigenvalue weighted by Crippen LogP contribution is -2.46. The molecule has 178 valence electrons. The van der Waals surface area contributed by atoms with Crippen LogP contribution in [-0.4, -0.2) is 24.4 Å². The van der Waals surface area contributed by atoms with E-state index < -0.39 is 12.2 Å². The molecule has 2 unspecified atom stereocenters. The number of hydrogen-bond acceptors (Lipinski definition) is 3. The van der Waals surface area contributed by atoms with E-state index in [4.69, 9.17) is 23.6 Å². The Hall–Kier alpha value is -1.28. The predicted octanol–water partition coefficient (Wildman–Crippen LogP) is 5.96. The Bertz CT molecular complexity index is 1410. The summed E-state index contributed by atoms with van der Waals surface area (Å²) in [6.07, 6.45) is -0.170. The Labute approximate surface area is 215 Å². The van der Waals surface area contributed by atoms with E-state index in [1.54, 1.807) is 0 Å². The highest BCUT2D eigenvalue weighted by atomic mass is 32.4. The fourth-order valence-corrected chi connectivity index (χ4v) is 13.8. The van der Waals surface area contributed by atoms with Gasteiger partial charge in [0.1, 0.15) is 0 Å². The topological polar surface area (TPSA) is 6.48 Å². The van der Waals surface area contributed by atoms with Crippen molar-refractivity contribution in [2.45, 2.75) is 47.5 Å². The Morgan fingerprint density at radius 3 is 1.82 bits per heavy atom. The van der Waals surface area contributed by atoms with E-state index in [1.165, 1.54) is 55.0 Å². The molecule has 5 rings (SSSR count). The minimum atomic E-state index is -2.19. The summed E-state index contributed by atoms with van der Waals surface area (Å²) >= 11 is 13.3. The SMILES string of the molecule is CCc1ccc2c(c1)N1c3cc(CC)ccc3P(=S)(N(CC)CC)c3cc(C)cc(c31)P2(C)=S. The highest BCUT2D eigenvalue weighted by Gasteiger charge is 2.45. The molecule has 2 heterocycles. The van der Waals surface area contributed by atoms with Gasteiger partial charge in [0.25, 0.3) is 0 Å². The first-order valence-corrected chi connectivity index (χ1v) is 18.4. The normalized spacial score (nSPS) is 22.4. The smallest absolute Gasteiger partial charge is 0.0751 e. The van der Waals surface area contributed by atoms with Crippen LogP contribution in [-0.2, 0) is 36.5 Å². The summed E-state index contributed by atoms with van der Waals surface area (Å²) in [5.74, 6) is 0. The van der Waals surface area contributed by atoms with Gasteiger partial charge in [-0.25, -0.2) is 0 Å². The first kappa shape index (κ1) is 24.4. The van der Waals surface area contributed by atoms with Gasteiger partial charge in [0.15, 0.2) is 0 Å². The van der Waals surface area contributed by atoms with Crippen LogP contribution in [0.15, 0.2) is 48.5 Å². The van der Waals surface area contributed by atoms with Crippen LogP contribution in [0.1, 0.15) is 44.4 Å². The van der Waals surface area contributed by atoms with Crippen LogP contribution >= 0.6 is 12.2 Å². The van der Waals surface area contributed by atoms with Crippen molar-refractivity contribution in [1.82, 2.24) is 4.67 Å². The molecule has 3 aromatic rings. The molecule has 0 saturated heterocycles. The Kier molecular flexibility index (Phi) is 6.23. The molecule has 2 nitrogen and oxygen atoms in total. The lowest BCUT2D eigenvalue weighted by atomic mass is 10.1. The van der Waals surface area contributed by atoms with Gasteiger partial charge in [-0.05, 0) is 73.5 Å². The van der Waals surface area contributed by atoms with Gasteiger partial charge in [0.2, 0.25) is 0 Å². The second kappa shape index (κ2) is 8.68. The molecule has 0 aromatic heterocycles. The molecule has 2 atom stereocenters. The first-order chi connectivity index (χ1) is 16.2. The third-order valence-electron chi connectivity index (χ3n) is 7.52. The molecule has 0 N–H and O–H groups in total. The van der Waals surface area contributed by atoms with Crippen molar-refractivity contribution in [2.75, 3.05) is 24.7 Å². The number of benzene rings is 3. The van der Waals surface area contributed by atoms with Crippen molar-refractivity contribution in [3.05, 3.63) is 65.2 Å². The van der Waals surface area contributed by atoms with Crippen LogP contribution in [0.4, 0.5) is 17.1 Å². The Morgan fingerprint density at radius 2 is 1.26 bits per heavy atom. The molecule has 0 spiro atoms. The highest BCUT2D eigenvalue weighted by molar-refractivity contribution is 8.22. The summed E-state index contributed by atoms with van der Waals surface area (Å²) in [4.78, 5) is 2.54. The zero-order valence-electron chi connectivity index (χ0n) is 21.1. The van der Waals surface area contributed by atoms with Crippen molar-refractivity contribution in [3.8, 4) is 0 Å². The number of nitrogens with zero attached hydrogens (tertiary/aromatic N) is 2. The molecular formula is C28H34N2P2S2. The van der Waals surface area contributed by atoms with Gasteiger partial charge in [-0.1, -0.05) is 69.5 Å². The van der Waals surface area contributed by atoms with Gasteiger partial charge < -0.3 is 4.90 Å². The average molecular weight is 525 g/mol. The van der Waals surface area contributed by atoms with Crippen LogP contribution in [0.25, 0.3) is 0 Å². The standard InChI is InChI=1S/C28H34N2P2S2/c1-7-20-11-13-24-22(17-20)30-23-18-21(8-2)12-14-25(23)32(34,29(9-3)10-4)27-16-19(5)15-26(28(27)30)31(24,6)33/h11-18H,7-10H2,1-6H3. The molecule has 2 aliphatic heterocycles. The van der Waals surface area contributed by atoms with Gasteiger partial charge in [-0.15, -0.1) is 0 Å². The second-order valence-corrected chi connectivity index (χ2v) is 18.7. The van der Waals surface area contributed by atoms with E-state index >= 15 is 0 Å². The van der Waals surface area contributed by atoms with Crippen molar-refractivity contribution >= 4 is 74.1 Å². The molecule has 3 aromatic carbocycles. The summed E-state index contributed by atoms with van der Waals surface area (Å²) < 4.78 is 2.55. The van der Waals surface area contributed by atoms with Crippen LogP contribution in [0, 0.1) is 6.92 Å². The molecule has 0 aliphatic carbocycles. The minimum absolute atomic E-state index is 0.947. The van der Waals surface area contributed by atoms with Gasteiger partial charge in [0.05, 0.1) is 23.3 Å². The number of anilines is 3. The number of hydrogen-bond donors (Lipinski definition) is 0. The summed E-state index contributed by atoms with van der Waals surface area (Å²) in [7, 11) is 0. The zero-order valence-corrected chi connectivity index (χ0v) is 24.5. The van der Waals surface area contributed by atoms with E-state index in [0.29, 0.717) is 0 Å². The molecule has 0 amide bonds. The van der Waals surface area contributed by atoms with Gasteiger partial charge >= 0.3 is 0 Å². The maximum Gasteiger partial charge on any atom is 0.0751 e. The fourth-order valence-electron chi connectivity index (χ4n) is 5.64. The maximum atomic E-state index is 6.82. The third kappa shape index (κ3) is 3.30. The molecule has 0 bridgehead atoms. The molecule has 0 saturated carbocycles. The van der Waals surface area contributed by atoms with Crippen LogP contribution < -0.4 is 26.1 Å². The van der Waals surface area contributed by atoms with Gasteiger partial charge in [-0.3, -0.25) is 4.67 Å². The molecule has 6 heteroatoms. The number of rotatable bonds is 5. The van der Waals surface area contributed by atoms with E-state index in [2.05, 4.69) is 99.4 Å². The van der Waals surface area contributed by atoms with Gasteiger partial charge in [0, 0.05) is 40.3 Å². The minimum Gasteiger partial charge on any atom is -0.308 e. The van der Waals surface area contributed by atoms with Crippen molar-refractivity contribution in [1.29, 1.82) is 0 Å². The van der Waals surface area contributed by atoms with Crippen molar-refractivity contribution in [2.24, 2.45) is 0 Å². The van der Waals surface area contributed by atoms with Gasteiger partial charge in [-0.2, -0.15) is 0 Å². The molecular weight excluding hydrogens is 490 g/mol. The number of aryl methyl sites for hydroxylation is 3. The molecule has 34 heavy (non-hydrogen) atoms. The summed E-state index contributed by atoms with van der Waals surface area (Å²) in [5.41, 5.74) is 7.83. The average Bonchev–Trinajstić information content (AvgIpc) is 2.83. The number of fused-ring (bicyclic) bond motifs is 4. The summed E-state index contributed by atoms with van der Waals surface area (Å²) in [6.45, 7) is 15.4. The van der Waals surface area contributed by atoms with E-state index in [9.17, 15) is 0 Å². The summed E-state index contributed by atoms with van der Waals surface area (Å²) in [5, 5.41) is 5.33. The lowest BCUT2D eigenvalue weighted by Gasteiger charge is -2.48. The quantitative estimate of drug-likeness (QED) is 0.380. The Morgan fingerprint density at radius 1 is 0.735 bits per heavy atom. The van der Waals surface area contributed by atoms with Crippen molar-refractivity contribution in [3.63, 3.8) is 0 Å². The highest BCUT2D eigenvalue weighted by Crippen LogP contribution is 2.61. The molecule has 0 fully saturated rings.